The zero-order valence-electron chi connectivity index (χ0n) is 13.6. The highest BCUT2D eigenvalue weighted by Crippen LogP contribution is 2.26. The van der Waals surface area contributed by atoms with Gasteiger partial charge in [0.2, 0.25) is 10.0 Å². The molecule has 0 radical (unpaired) electrons. The first kappa shape index (κ1) is 17.5. The van der Waals surface area contributed by atoms with Gasteiger partial charge >= 0.3 is 0 Å². The van der Waals surface area contributed by atoms with Crippen LogP contribution in [0.2, 0.25) is 0 Å². The zero-order chi connectivity index (χ0) is 16.9. The van der Waals surface area contributed by atoms with Crippen LogP contribution in [0.25, 0.3) is 0 Å². The summed E-state index contributed by atoms with van der Waals surface area (Å²) in [6, 6.07) is 3.46. The van der Waals surface area contributed by atoms with E-state index in [1.807, 2.05) is 6.92 Å². The average Bonchev–Trinajstić information content (AvgIpc) is 3.04. The van der Waals surface area contributed by atoms with Gasteiger partial charge in [-0.2, -0.15) is 0 Å². The molecule has 0 saturated carbocycles. The van der Waals surface area contributed by atoms with Gasteiger partial charge in [-0.15, -0.1) is 0 Å². The maximum Gasteiger partial charge on any atom is 0.240 e. The molecule has 126 valence electrons. The number of methoxy groups -OCH3 is 1. The van der Waals surface area contributed by atoms with E-state index in [1.54, 1.807) is 38.6 Å². The normalized spacial score (nSPS) is 11.6. The van der Waals surface area contributed by atoms with Crippen LogP contribution in [0.4, 0.5) is 0 Å². The van der Waals surface area contributed by atoms with Crippen LogP contribution in [-0.2, 0) is 22.9 Å². The molecule has 7 heteroatoms. The Bertz CT molecular complexity index is 740. The second-order valence-corrected chi connectivity index (χ2v) is 7.05. The monoisotopic (exact) mass is 338 g/mol. The topological polar surface area (TPSA) is 81.4 Å². The predicted octanol–water partition coefficient (Wildman–Crippen LogP) is 2.47. The minimum atomic E-state index is -3.53. The van der Waals surface area contributed by atoms with Crippen LogP contribution in [-0.4, -0.2) is 27.2 Å². The summed E-state index contributed by atoms with van der Waals surface area (Å²) in [6.07, 6.45) is 5.30. The lowest BCUT2D eigenvalue weighted by molar-refractivity contribution is 0.409. The molecule has 1 aromatic heterocycles. The third kappa shape index (κ3) is 4.33. The van der Waals surface area contributed by atoms with E-state index in [-0.39, 0.29) is 0 Å². The molecule has 2 aromatic rings. The Kier molecular flexibility index (Phi) is 5.79. The van der Waals surface area contributed by atoms with Crippen LogP contribution >= 0.6 is 0 Å². The minimum Gasteiger partial charge on any atom is -0.496 e. The van der Waals surface area contributed by atoms with Crippen LogP contribution in [0.3, 0.4) is 0 Å². The molecular weight excluding hydrogens is 316 g/mol. The molecule has 0 atom stereocenters. The lowest BCUT2D eigenvalue weighted by Gasteiger charge is -2.13. The number of nitrogens with one attached hydrogen (secondary N) is 1. The van der Waals surface area contributed by atoms with E-state index >= 15 is 0 Å². The van der Waals surface area contributed by atoms with E-state index in [2.05, 4.69) is 9.88 Å². The molecule has 0 aliphatic rings. The first-order valence-electron chi connectivity index (χ1n) is 7.53. The summed E-state index contributed by atoms with van der Waals surface area (Å²) in [5.41, 5.74) is 2.51. The van der Waals surface area contributed by atoms with Crippen molar-refractivity contribution in [2.45, 2.75) is 38.0 Å². The zero-order valence-corrected chi connectivity index (χ0v) is 14.4. The summed E-state index contributed by atoms with van der Waals surface area (Å²) < 4.78 is 37.7. The van der Waals surface area contributed by atoms with Crippen LogP contribution < -0.4 is 9.46 Å². The largest absolute Gasteiger partial charge is 0.496 e. The molecule has 1 aromatic carbocycles. The molecule has 2 rings (SSSR count). The SMILES string of the molecule is CCc1cc(S(=O)(=O)NCCCc2cnoc2)c(C)cc1OC. The van der Waals surface area contributed by atoms with Gasteiger partial charge in [0, 0.05) is 12.1 Å². The molecule has 0 aliphatic carbocycles. The molecule has 1 N–H and O–H groups in total. The van der Waals surface area contributed by atoms with Crippen molar-refractivity contribution in [2.24, 2.45) is 0 Å². The number of nitrogens with zero attached hydrogens (tertiary/aromatic N) is 1. The van der Waals surface area contributed by atoms with Crippen LogP contribution in [0.5, 0.6) is 5.75 Å². The van der Waals surface area contributed by atoms with E-state index in [0.717, 1.165) is 16.9 Å². The van der Waals surface area contributed by atoms with Gasteiger partial charge in [-0.25, -0.2) is 13.1 Å². The fourth-order valence-electron chi connectivity index (χ4n) is 2.39. The first-order valence-corrected chi connectivity index (χ1v) is 9.01. The number of rotatable bonds is 8. The van der Waals surface area contributed by atoms with Gasteiger partial charge in [-0.05, 0) is 49.4 Å². The van der Waals surface area contributed by atoms with E-state index in [4.69, 9.17) is 9.26 Å². The smallest absolute Gasteiger partial charge is 0.240 e. The third-order valence-electron chi connectivity index (χ3n) is 3.67. The van der Waals surface area contributed by atoms with Gasteiger partial charge in [-0.3, -0.25) is 0 Å². The van der Waals surface area contributed by atoms with Crippen molar-refractivity contribution in [1.82, 2.24) is 9.88 Å². The Hall–Kier alpha value is -1.86. The summed E-state index contributed by atoms with van der Waals surface area (Å²) in [5, 5.41) is 3.62. The molecule has 0 spiro atoms. The second-order valence-electron chi connectivity index (χ2n) is 5.32. The molecule has 0 unspecified atom stereocenters. The molecule has 23 heavy (non-hydrogen) atoms. The number of benzene rings is 1. The number of hydrogen-bond acceptors (Lipinski definition) is 5. The van der Waals surface area contributed by atoms with Crippen molar-refractivity contribution in [3.05, 3.63) is 41.3 Å². The molecule has 0 aliphatic heterocycles. The van der Waals surface area contributed by atoms with Gasteiger partial charge < -0.3 is 9.26 Å². The fraction of sp³-hybridized carbons (Fsp3) is 0.438. The predicted molar refractivity (Wildman–Crippen MR) is 87.1 cm³/mol. The highest BCUT2D eigenvalue weighted by atomic mass is 32.2. The molecule has 1 heterocycles. The van der Waals surface area contributed by atoms with Gasteiger partial charge in [0.05, 0.1) is 18.2 Å². The summed E-state index contributed by atoms with van der Waals surface area (Å²) in [6.45, 7) is 4.10. The van der Waals surface area contributed by atoms with E-state index in [9.17, 15) is 8.42 Å². The first-order chi connectivity index (χ1) is 11.0. The molecular formula is C16H22N2O4S. The maximum absolute atomic E-state index is 12.5. The van der Waals surface area contributed by atoms with E-state index < -0.39 is 10.0 Å². The lowest BCUT2D eigenvalue weighted by Crippen LogP contribution is -2.26. The number of sulfonamides is 1. The lowest BCUT2D eigenvalue weighted by atomic mass is 10.1. The van der Waals surface area contributed by atoms with Crippen molar-refractivity contribution < 1.29 is 17.7 Å². The molecule has 0 bridgehead atoms. The second kappa shape index (κ2) is 7.61. The van der Waals surface area contributed by atoms with Gasteiger partial charge in [0.1, 0.15) is 12.0 Å². The Balaban J connectivity index is 2.06. The van der Waals surface area contributed by atoms with E-state index in [1.165, 1.54) is 0 Å². The molecule has 0 saturated heterocycles. The van der Waals surface area contributed by atoms with Crippen LogP contribution in [0.1, 0.15) is 30.0 Å². The van der Waals surface area contributed by atoms with Crippen molar-refractivity contribution in [3.8, 4) is 5.75 Å². The number of aromatic nitrogens is 1. The summed E-state index contributed by atoms with van der Waals surface area (Å²) in [7, 11) is -1.95. The standard InChI is InChI=1S/C16H22N2O4S/c1-4-14-9-16(12(2)8-15(14)21-3)23(19,20)18-7-5-6-13-10-17-22-11-13/h8-11,18H,4-7H2,1-3H3. The van der Waals surface area contributed by atoms with Gasteiger partial charge in [0.25, 0.3) is 0 Å². The highest BCUT2D eigenvalue weighted by molar-refractivity contribution is 7.89. The van der Waals surface area contributed by atoms with Crippen LogP contribution in [0.15, 0.2) is 34.0 Å². The fourth-order valence-corrected chi connectivity index (χ4v) is 3.74. The van der Waals surface area contributed by atoms with E-state index in [0.29, 0.717) is 36.3 Å². The van der Waals surface area contributed by atoms with Crippen molar-refractivity contribution in [2.75, 3.05) is 13.7 Å². The quantitative estimate of drug-likeness (QED) is 0.748. The van der Waals surface area contributed by atoms with Crippen molar-refractivity contribution in [1.29, 1.82) is 0 Å². The average molecular weight is 338 g/mol. The molecule has 0 amide bonds. The summed E-state index contributed by atoms with van der Waals surface area (Å²) >= 11 is 0. The van der Waals surface area contributed by atoms with Crippen molar-refractivity contribution in [3.63, 3.8) is 0 Å². The highest BCUT2D eigenvalue weighted by Gasteiger charge is 2.18. The molecule has 6 nitrogen and oxygen atoms in total. The Morgan fingerprint density at radius 3 is 2.74 bits per heavy atom. The Labute approximate surface area is 136 Å². The van der Waals surface area contributed by atoms with Crippen molar-refractivity contribution >= 4 is 10.0 Å². The number of hydrogen-bond donors (Lipinski definition) is 1. The van der Waals surface area contributed by atoms with Gasteiger partial charge in [-0.1, -0.05) is 12.1 Å². The number of ether oxygens (including phenoxy) is 1. The molecule has 0 fully saturated rings. The Morgan fingerprint density at radius 1 is 1.35 bits per heavy atom. The van der Waals surface area contributed by atoms with Crippen LogP contribution in [0, 0.1) is 6.92 Å². The maximum atomic E-state index is 12.5. The summed E-state index contributed by atoms with van der Waals surface area (Å²) in [5.74, 6) is 0.719. The third-order valence-corrected chi connectivity index (χ3v) is 5.27. The number of aryl methyl sites for hydroxylation is 3. The van der Waals surface area contributed by atoms with Gasteiger partial charge in [0.15, 0.2) is 0 Å². The summed E-state index contributed by atoms with van der Waals surface area (Å²) in [4.78, 5) is 0.306. The Morgan fingerprint density at radius 2 is 2.13 bits per heavy atom. The minimum absolute atomic E-state index is 0.306.